The number of carbonyl (C=O) groups is 2. The molecule has 0 saturated carbocycles. The first-order chi connectivity index (χ1) is 7.59. The number of nitrogens with one attached hydrogen (secondary N) is 1. The molecule has 0 radical (unpaired) electrons. The lowest BCUT2D eigenvalue weighted by Crippen LogP contribution is -2.48. The molecule has 0 spiro atoms. The fourth-order valence-electron chi connectivity index (χ4n) is 1.38. The first-order valence-electron chi connectivity index (χ1n) is 5.23. The van der Waals surface area contributed by atoms with Crippen LogP contribution in [0.5, 0.6) is 0 Å². The van der Waals surface area contributed by atoms with Crippen molar-refractivity contribution in [1.82, 2.24) is 5.32 Å². The summed E-state index contributed by atoms with van der Waals surface area (Å²) in [6, 6.07) is 0. The van der Waals surface area contributed by atoms with Gasteiger partial charge in [0.15, 0.2) is 0 Å². The van der Waals surface area contributed by atoms with E-state index in [4.69, 9.17) is 16.2 Å². The zero-order valence-corrected chi connectivity index (χ0v) is 9.02. The third-order valence-electron chi connectivity index (χ3n) is 2.23. The molecule has 90 valence electrons. The quantitative estimate of drug-likeness (QED) is 0.324. The van der Waals surface area contributed by atoms with E-state index in [0.29, 0.717) is 0 Å². The van der Waals surface area contributed by atoms with Crippen LogP contribution in [0, 0.1) is 0 Å². The highest BCUT2D eigenvalue weighted by atomic mass is 16.5. The monoisotopic (exact) mass is 227 g/mol. The average molecular weight is 227 g/mol. The Morgan fingerprint density at radius 2 is 2.19 bits per heavy atom. The van der Waals surface area contributed by atoms with Gasteiger partial charge in [-0.05, 0) is 12.8 Å². The zero-order valence-electron chi connectivity index (χ0n) is 9.02. The van der Waals surface area contributed by atoms with Crippen molar-refractivity contribution in [3.8, 4) is 0 Å². The summed E-state index contributed by atoms with van der Waals surface area (Å²) in [4.78, 5) is 22.3. The fourth-order valence-corrected chi connectivity index (χ4v) is 1.38. The Hall–Kier alpha value is -1.40. The van der Waals surface area contributed by atoms with Crippen LogP contribution in [-0.4, -0.2) is 30.7 Å². The maximum Gasteiger partial charge on any atom is 0.325 e. The van der Waals surface area contributed by atoms with E-state index in [1.807, 2.05) is 6.08 Å². The number of hydrogen-bond acceptors (Lipinski definition) is 5. The second kappa shape index (κ2) is 6.24. The Labute approximate surface area is 94.0 Å². The van der Waals surface area contributed by atoms with Crippen molar-refractivity contribution in [2.75, 3.05) is 6.54 Å². The van der Waals surface area contributed by atoms with E-state index in [2.05, 4.69) is 11.4 Å². The van der Waals surface area contributed by atoms with Crippen LogP contribution in [0.2, 0.25) is 0 Å². The summed E-state index contributed by atoms with van der Waals surface area (Å²) in [6.07, 6.45) is 5.32. The molecule has 0 bridgehead atoms. The molecular formula is C10H17N3O3. The molecular weight excluding hydrogens is 210 g/mol. The maximum atomic E-state index is 11.3. The highest BCUT2D eigenvalue weighted by Gasteiger charge is 2.16. The van der Waals surface area contributed by atoms with Crippen molar-refractivity contribution in [3.05, 3.63) is 12.2 Å². The summed E-state index contributed by atoms with van der Waals surface area (Å²) in [7, 11) is 0. The van der Waals surface area contributed by atoms with Gasteiger partial charge in [-0.15, -0.1) is 0 Å². The number of ether oxygens (including phenoxy) is 1. The molecule has 0 heterocycles. The van der Waals surface area contributed by atoms with Crippen LogP contribution in [0.3, 0.4) is 0 Å². The Kier molecular flexibility index (Phi) is 4.94. The third kappa shape index (κ3) is 4.41. The van der Waals surface area contributed by atoms with E-state index in [1.165, 1.54) is 0 Å². The average Bonchev–Trinajstić information content (AvgIpc) is 2.27. The van der Waals surface area contributed by atoms with Gasteiger partial charge >= 0.3 is 5.97 Å². The van der Waals surface area contributed by atoms with Crippen molar-refractivity contribution >= 4 is 11.9 Å². The number of allylic oxidation sites excluding steroid dienone is 1. The fraction of sp³-hybridized carbons (Fsp3) is 0.600. The number of carbonyl (C=O) groups excluding carboxylic acids is 2. The molecule has 6 heteroatoms. The Morgan fingerprint density at radius 1 is 1.44 bits per heavy atom. The molecule has 1 rings (SSSR count). The number of amides is 1. The molecule has 1 amide bonds. The molecule has 0 aromatic heterocycles. The van der Waals surface area contributed by atoms with Gasteiger partial charge < -0.3 is 21.5 Å². The van der Waals surface area contributed by atoms with Crippen LogP contribution in [0.4, 0.5) is 0 Å². The molecule has 5 N–H and O–H groups in total. The predicted molar refractivity (Wildman–Crippen MR) is 58.0 cm³/mol. The summed E-state index contributed by atoms with van der Waals surface area (Å²) in [5, 5.41) is 2.29. The van der Waals surface area contributed by atoms with Crippen molar-refractivity contribution in [2.45, 2.75) is 31.5 Å². The Bertz CT molecular complexity index is 289. The second-order valence-corrected chi connectivity index (χ2v) is 3.64. The van der Waals surface area contributed by atoms with Crippen molar-refractivity contribution in [3.63, 3.8) is 0 Å². The van der Waals surface area contributed by atoms with Gasteiger partial charge in [0.25, 0.3) is 5.91 Å². The summed E-state index contributed by atoms with van der Waals surface area (Å²) in [6.45, 7) is -0.191. The normalized spacial score (nSPS) is 19.6. The molecule has 1 aliphatic carbocycles. The van der Waals surface area contributed by atoms with Gasteiger partial charge in [0.1, 0.15) is 18.8 Å². The largest absolute Gasteiger partial charge is 0.461 e. The molecule has 0 saturated heterocycles. The van der Waals surface area contributed by atoms with Crippen LogP contribution in [0.25, 0.3) is 0 Å². The van der Waals surface area contributed by atoms with E-state index >= 15 is 0 Å². The van der Waals surface area contributed by atoms with E-state index in [0.717, 1.165) is 19.3 Å². The van der Waals surface area contributed by atoms with Gasteiger partial charge in [0, 0.05) is 6.42 Å². The minimum absolute atomic E-state index is 0.0825. The summed E-state index contributed by atoms with van der Waals surface area (Å²) in [5.41, 5.74) is 10.2. The first-order valence-corrected chi connectivity index (χ1v) is 5.23. The predicted octanol–water partition coefficient (Wildman–Crippen LogP) is -1.00. The molecule has 0 aliphatic heterocycles. The molecule has 1 atom stereocenters. The van der Waals surface area contributed by atoms with Crippen molar-refractivity contribution in [1.29, 1.82) is 0 Å². The van der Waals surface area contributed by atoms with Crippen molar-refractivity contribution < 1.29 is 14.3 Å². The van der Waals surface area contributed by atoms with Gasteiger partial charge in [0.2, 0.25) is 0 Å². The highest BCUT2D eigenvalue weighted by Crippen LogP contribution is 2.13. The minimum atomic E-state index is -1.11. The third-order valence-corrected chi connectivity index (χ3v) is 2.23. The molecule has 0 fully saturated rings. The molecule has 0 aromatic rings. The SMILES string of the molecule is NC(N)C(=O)NCC(=O)O[C@H]1CC=CCC1. The number of hydrogen-bond donors (Lipinski definition) is 3. The summed E-state index contributed by atoms with van der Waals surface area (Å²) in [5.74, 6) is -1.03. The molecule has 1 aliphatic rings. The summed E-state index contributed by atoms with van der Waals surface area (Å²) < 4.78 is 5.13. The second-order valence-electron chi connectivity index (χ2n) is 3.64. The van der Waals surface area contributed by atoms with E-state index < -0.39 is 18.0 Å². The van der Waals surface area contributed by atoms with Gasteiger partial charge in [-0.1, -0.05) is 12.2 Å². The van der Waals surface area contributed by atoms with Crippen LogP contribution < -0.4 is 16.8 Å². The topological polar surface area (TPSA) is 107 Å². The lowest BCUT2D eigenvalue weighted by Gasteiger charge is -2.18. The van der Waals surface area contributed by atoms with E-state index in [1.54, 1.807) is 0 Å². The first kappa shape index (κ1) is 12.7. The molecule has 0 aromatic carbocycles. The maximum absolute atomic E-state index is 11.3. The smallest absolute Gasteiger partial charge is 0.325 e. The Morgan fingerprint density at radius 3 is 2.75 bits per heavy atom. The van der Waals surface area contributed by atoms with E-state index in [-0.39, 0.29) is 12.6 Å². The highest BCUT2D eigenvalue weighted by molar-refractivity contribution is 5.84. The van der Waals surface area contributed by atoms with Gasteiger partial charge in [-0.3, -0.25) is 9.59 Å². The molecule has 0 unspecified atom stereocenters. The van der Waals surface area contributed by atoms with Crippen LogP contribution in [0.15, 0.2) is 12.2 Å². The molecule has 6 nitrogen and oxygen atoms in total. The summed E-state index contributed by atoms with van der Waals surface area (Å²) >= 11 is 0. The number of nitrogens with two attached hydrogens (primary N) is 2. The standard InChI is InChI=1S/C10H17N3O3/c11-9(12)10(15)13-6-8(14)16-7-4-2-1-3-5-7/h1-2,7,9H,3-6,11-12H2,(H,13,15)/t7-/m0/s1. The number of esters is 1. The van der Waals surface area contributed by atoms with Crippen LogP contribution in [0.1, 0.15) is 19.3 Å². The minimum Gasteiger partial charge on any atom is -0.461 e. The number of rotatable bonds is 4. The van der Waals surface area contributed by atoms with Gasteiger partial charge in [-0.25, -0.2) is 0 Å². The lowest BCUT2D eigenvalue weighted by atomic mass is 10.1. The lowest BCUT2D eigenvalue weighted by molar-refractivity contribution is -0.149. The molecule has 16 heavy (non-hydrogen) atoms. The van der Waals surface area contributed by atoms with E-state index in [9.17, 15) is 9.59 Å². The van der Waals surface area contributed by atoms with Crippen LogP contribution in [-0.2, 0) is 14.3 Å². The van der Waals surface area contributed by atoms with Gasteiger partial charge in [-0.2, -0.15) is 0 Å². The van der Waals surface area contributed by atoms with Crippen LogP contribution >= 0.6 is 0 Å². The zero-order chi connectivity index (χ0) is 12.0. The van der Waals surface area contributed by atoms with Crippen molar-refractivity contribution in [2.24, 2.45) is 11.5 Å². The van der Waals surface area contributed by atoms with Gasteiger partial charge in [0.05, 0.1) is 0 Å². The Balaban J connectivity index is 2.20.